The molecular formula is C13H12NS2+. The average molecular weight is 246 g/mol. The molecule has 3 rings (SSSR count). The van der Waals surface area contributed by atoms with Crippen molar-refractivity contribution in [2.24, 2.45) is 0 Å². The minimum Gasteiger partial charge on any atom is -0.293 e. The molecule has 0 aliphatic carbocycles. The van der Waals surface area contributed by atoms with E-state index in [1.165, 1.54) is 16.3 Å². The predicted octanol–water partition coefficient (Wildman–Crippen LogP) is 3.62. The van der Waals surface area contributed by atoms with Crippen molar-refractivity contribution >= 4 is 33.0 Å². The molecule has 1 aliphatic rings. The van der Waals surface area contributed by atoms with Crippen LogP contribution in [-0.4, -0.2) is 5.88 Å². The SMILES string of the molecule is S[S+]1CN(c2ccccc2)c2ccccc21. The van der Waals surface area contributed by atoms with E-state index in [1.807, 2.05) is 6.07 Å². The molecule has 0 aromatic heterocycles. The third-order valence-corrected chi connectivity index (χ3v) is 5.02. The predicted molar refractivity (Wildman–Crippen MR) is 74.5 cm³/mol. The quantitative estimate of drug-likeness (QED) is 0.457. The molecule has 1 aliphatic heterocycles. The summed E-state index contributed by atoms with van der Waals surface area (Å²) in [6, 6.07) is 19.0. The lowest BCUT2D eigenvalue weighted by atomic mass is 10.2. The van der Waals surface area contributed by atoms with Crippen LogP contribution in [0, 0.1) is 0 Å². The van der Waals surface area contributed by atoms with E-state index < -0.39 is 0 Å². The first-order valence-corrected chi connectivity index (χ1v) is 7.62. The molecule has 0 radical (unpaired) electrons. The summed E-state index contributed by atoms with van der Waals surface area (Å²) >= 11 is 4.67. The molecule has 1 atom stereocenters. The van der Waals surface area contributed by atoms with Crippen LogP contribution in [0.2, 0.25) is 0 Å². The fraction of sp³-hybridized carbons (Fsp3) is 0.0769. The summed E-state index contributed by atoms with van der Waals surface area (Å²) in [6.07, 6.45) is 0. The van der Waals surface area contributed by atoms with Crippen LogP contribution < -0.4 is 4.90 Å². The summed E-state index contributed by atoms with van der Waals surface area (Å²) in [7, 11) is 0.0420. The second-order valence-electron chi connectivity index (χ2n) is 3.73. The van der Waals surface area contributed by atoms with Gasteiger partial charge in [-0.05, 0) is 24.3 Å². The number of hydrogen-bond acceptors (Lipinski definition) is 2. The number of benzene rings is 2. The van der Waals surface area contributed by atoms with Gasteiger partial charge in [0.25, 0.3) is 0 Å². The summed E-state index contributed by atoms with van der Waals surface area (Å²) in [6.45, 7) is 0. The number of para-hydroxylation sites is 2. The Morgan fingerprint density at radius 2 is 1.62 bits per heavy atom. The maximum absolute atomic E-state index is 4.67. The zero-order chi connectivity index (χ0) is 11.0. The average Bonchev–Trinajstić information content (AvgIpc) is 2.69. The second-order valence-corrected chi connectivity index (χ2v) is 6.47. The maximum Gasteiger partial charge on any atom is 0.202 e. The molecule has 16 heavy (non-hydrogen) atoms. The van der Waals surface area contributed by atoms with Crippen LogP contribution in [0.1, 0.15) is 0 Å². The number of rotatable bonds is 1. The molecule has 2 aromatic rings. The minimum absolute atomic E-state index is 0.0420. The molecule has 3 heteroatoms. The molecule has 0 amide bonds. The third-order valence-electron chi connectivity index (χ3n) is 2.73. The van der Waals surface area contributed by atoms with Gasteiger partial charge in [-0.15, -0.1) is 0 Å². The van der Waals surface area contributed by atoms with Crippen molar-refractivity contribution in [2.75, 3.05) is 10.8 Å². The molecular weight excluding hydrogens is 234 g/mol. The lowest BCUT2D eigenvalue weighted by molar-refractivity contribution is 1.18. The molecule has 1 nitrogen and oxygen atoms in total. The smallest absolute Gasteiger partial charge is 0.202 e. The standard InChI is InChI=1S/C13H12NS2/c15-16-10-14(11-6-2-1-3-7-11)12-8-4-5-9-13(12)16/h1-9,15H,10H2/q+1. The van der Waals surface area contributed by atoms with Crippen LogP contribution in [0.4, 0.5) is 11.4 Å². The van der Waals surface area contributed by atoms with Crippen LogP contribution in [0.5, 0.6) is 0 Å². The Hall–Kier alpha value is -1.06. The van der Waals surface area contributed by atoms with Gasteiger partial charge in [0.05, 0.1) is 11.7 Å². The highest BCUT2D eigenvalue weighted by molar-refractivity contribution is 8.66. The maximum atomic E-state index is 4.67. The first-order chi connectivity index (χ1) is 7.86. The van der Waals surface area contributed by atoms with E-state index in [4.69, 9.17) is 0 Å². The number of anilines is 2. The van der Waals surface area contributed by atoms with Crippen LogP contribution in [-0.2, 0) is 9.93 Å². The van der Waals surface area contributed by atoms with Gasteiger partial charge in [-0.1, -0.05) is 30.3 Å². The first kappa shape index (κ1) is 10.1. The van der Waals surface area contributed by atoms with Gasteiger partial charge in [-0.2, -0.15) is 0 Å². The van der Waals surface area contributed by atoms with Gasteiger partial charge in [0, 0.05) is 5.69 Å². The zero-order valence-electron chi connectivity index (χ0n) is 8.71. The molecule has 0 spiro atoms. The first-order valence-electron chi connectivity index (χ1n) is 5.18. The summed E-state index contributed by atoms with van der Waals surface area (Å²) in [5.41, 5.74) is 2.55. The number of nitrogens with zero attached hydrogens (tertiary/aromatic N) is 1. The Morgan fingerprint density at radius 1 is 0.938 bits per heavy atom. The van der Waals surface area contributed by atoms with Gasteiger partial charge in [0.2, 0.25) is 5.88 Å². The van der Waals surface area contributed by atoms with E-state index in [1.54, 1.807) is 0 Å². The van der Waals surface area contributed by atoms with Crippen molar-refractivity contribution in [1.82, 2.24) is 0 Å². The summed E-state index contributed by atoms with van der Waals surface area (Å²) < 4.78 is 0. The van der Waals surface area contributed by atoms with Crippen molar-refractivity contribution in [2.45, 2.75) is 4.90 Å². The Balaban J connectivity index is 2.07. The summed E-state index contributed by atoms with van der Waals surface area (Å²) in [5, 5.41) is 0. The van der Waals surface area contributed by atoms with Crippen LogP contribution in [0.3, 0.4) is 0 Å². The van der Waals surface area contributed by atoms with Crippen molar-refractivity contribution < 1.29 is 0 Å². The highest BCUT2D eigenvalue weighted by Crippen LogP contribution is 2.40. The van der Waals surface area contributed by atoms with Gasteiger partial charge < -0.3 is 0 Å². The lowest BCUT2D eigenvalue weighted by Crippen LogP contribution is -2.14. The zero-order valence-corrected chi connectivity index (χ0v) is 10.4. The molecule has 0 saturated carbocycles. The van der Waals surface area contributed by atoms with Gasteiger partial charge in [-0.3, -0.25) is 4.90 Å². The summed E-state index contributed by atoms with van der Waals surface area (Å²) in [4.78, 5) is 3.69. The highest BCUT2D eigenvalue weighted by Gasteiger charge is 2.35. The topological polar surface area (TPSA) is 3.24 Å². The lowest BCUT2D eigenvalue weighted by Gasteiger charge is -2.14. The van der Waals surface area contributed by atoms with Crippen molar-refractivity contribution in [3.63, 3.8) is 0 Å². The normalized spacial score (nSPS) is 18.6. The van der Waals surface area contributed by atoms with Crippen LogP contribution >= 0.6 is 11.7 Å². The van der Waals surface area contributed by atoms with E-state index in [0.717, 1.165) is 5.88 Å². The number of fused-ring (bicyclic) bond motifs is 1. The van der Waals surface area contributed by atoms with Gasteiger partial charge in [0.15, 0.2) is 4.90 Å². The minimum atomic E-state index is 0.0420. The molecule has 0 fully saturated rings. The van der Waals surface area contributed by atoms with Gasteiger partial charge in [-0.25, -0.2) is 0 Å². The van der Waals surface area contributed by atoms with E-state index in [9.17, 15) is 0 Å². The van der Waals surface area contributed by atoms with Gasteiger partial charge in [0.1, 0.15) is 15.6 Å². The summed E-state index contributed by atoms with van der Waals surface area (Å²) in [5.74, 6) is 0.979. The second kappa shape index (κ2) is 4.07. The highest BCUT2D eigenvalue weighted by atomic mass is 33.1. The molecule has 1 heterocycles. The molecule has 0 saturated heterocycles. The van der Waals surface area contributed by atoms with Crippen molar-refractivity contribution in [3.05, 3.63) is 54.6 Å². The fourth-order valence-electron chi connectivity index (χ4n) is 1.96. The van der Waals surface area contributed by atoms with Crippen molar-refractivity contribution in [1.29, 1.82) is 0 Å². The van der Waals surface area contributed by atoms with E-state index in [0.29, 0.717) is 0 Å². The number of hydrogen-bond donors (Lipinski definition) is 1. The monoisotopic (exact) mass is 246 g/mol. The number of thiol groups is 1. The Bertz CT molecular complexity index is 498. The molecule has 2 aromatic carbocycles. The van der Waals surface area contributed by atoms with E-state index in [-0.39, 0.29) is 9.93 Å². The molecule has 80 valence electrons. The Morgan fingerprint density at radius 3 is 2.44 bits per heavy atom. The van der Waals surface area contributed by atoms with E-state index >= 15 is 0 Å². The van der Waals surface area contributed by atoms with Crippen molar-refractivity contribution in [3.8, 4) is 0 Å². The molecule has 1 unspecified atom stereocenters. The molecule has 0 bridgehead atoms. The van der Waals surface area contributed by atoms with Crippen LogP contribution in [0.15, 0.2) is 59.5 Å². The largest absolute Gasteiger partial charge is 0.293 e. The van der Waals surface area contributed by atoms with Gasteiger partial charge >= 0.3 is 0 Å². The Kier molecular flexibility index (Phi) is 2.58. The fourth-order valence-corrected chi connectivity index (χ4v) is 4.10. The van der Waals surface area contributed by atoms with Crippen LogP contribution in [0.25, 0.3) is 0 Å². The Labute approximate surface area is 103 Å². The molecule has 0 N–H and O–H groups in total. The third kappa shape index (κ3) is 1.60. The van der Waals surface area contributed by atoms with E-state index in [2.05, 4.69) is 65.1 Å².